The molecule has 10 nitrogen and oxygen atoms in total. The van der Waals surface area contributed by atoms with Gasteiger partial charge in [0.1, 0.15) is 40.2 Å². The summed E-state index contributed by atoms with van der Waals surface area (Å²) in [5, 5.41) is 5.06. The second-order valence-corrected chi connectivity index (χ2v) is 14.5. The number of aromatic nitrogens is 1. The van der Waals surface area contributed by atoms with Gasteiger partial charge in [-0.2, -0.15) is 0 Å². The highest BCUT2D eigenvalue weighted by atomic mass is 35.5. The fourth-order valence-electron chi connectivity index (χ4n) is 4.65. The predicted octanol–water partition coefficient (Wildman–Crippen LogP) is 5.87. The Bertz CT molecular complexity index is 1950. The molecule has 2 heterocycles. The maximum absolute atomic E-state index is 13.4. The standard InChI is InChI=1S/C28H22Cl2N2O8S2/c1-41(34,35)32-28(33)16-7-8-17-14-42(36,37)24-12-18(9-10-22(24)39-23(17)11-16)38-13-19-26(31-40-27(19)15-5-6-15)25-20(29)3-2-4-21(25)30/h2-4,7-12,15H,5-6,13-14H2,1H3,(H,32,33). The summed E-state index contributed by atoms with van der Waals surface area (Å²) in [5.41, 5.74) is 1.97. The Hall–Kier alpha value is -3.58. The van der Waals surface area contributed by atoms with E-state index in [1.807, 2.05) is 4.72 Å². The number of hydrogen-bond donors (Lipinski definition) is 1. The predicted molar refractivity (Wildman–Crippen MR) is 154 cm³/mol. The van der Waals surface area contributed by atoms with Crippen molar-refractivity contribution in [2.75, 3.05) is 6.26 Å². The van der Waals surface area contributed by atoms with E-state index in [0.29, 0.717) is 38.2 Å². The number of benzene rings is 3. The zero-order chi connectivity index (χ0) is 29.8. The molecule has 1 saturated carbocycles. The second kappa shape index (κ2) is 10.6. The quantitative estimate of drug-likeness (QED) is 0.260. The number of nitrogens with zero attached hydrogens (tertiary/aromatic N) is 1. The molecule has 1 fully saturated rings. The first-order valence-corrected chi connectivity index (χ1v) is 16.9. The fraction of sp³-hybridized carbons (Fsp3) is 0.214. The molecule has 0 spiro atoms. The van der Waals surface area contributed by atoms with Crippen molar-refractivity contribution in [3.8, 4) is 28.5 Å². The lowest BCUT2D eigenvalue weighted by Crippen LogP contribution is -2.29. The van der Waals surface area contributed by atoms with Crippen LogP contribution in [0.3, 0.4) is 0 Å². The molecular formula is C28H22Cl2N2O8S2. The Labute approximate surface area is 251 Å². The molecule has 218 valence electrons. The SMILES string of the molecule is CS(=O)(=O)NC(=O)c1ccc2c(c1)Oc1ccc(OCc3c(-c4c(Cl)cccc4Cl)noc3C3CC3)cc1S(=O)(=O)C2. The Kier molecular flexibility index (Phi) is 7.20. The molecule has 42 heavy (non-hydrogen) atoms. The Morgan fingerprint density at radius 3 is 2.50 bits per heavy atom. The smallest absolute Gasteiger partial charge is 0.264 e. The van der Waals surface area contributed by atoms with Crippen LogP contribution in [0.1, 0.15) is 46.0 Å². The first-order valence-electron chi connectivity index (χ1n) is 12.6. The van der Waals surface area contributed by atoms with Gasteiger partial charge in [-0.05, 0) is 49.2 Å². The molecule has 3 aromatic carbocycles. The van der Waals surface area contributed by atoms with Crippen molar-refractivity contribution in [3.05, 3.63) is 87.1 Å². The second-order valence-electron chi connectivity index (χ2n) is 10.0. The van der Waals surface area contributed by atoms with E-state index in [-0.39, 0.29) is 40.2 Å². The summed E-state index contributed by atoms with van der Waals surface area (Å²) in [7, 11) is -7.68. The van der Waals surface area contributed by atoms with Crippen LogP contribution >= 0.6 is 23.2 Å². The van der Waals surface area contributed by atoms with Gasteiger partial charge in [0.2, 0.25) is 10.0 Å². The van der Waals surface area contributed by atoms with Crippen molar-refractivity contribution in [2.45, 2.75) is 36.0 Å². The topological polar surface area (TPSA) is 142 Å². The van der Waals surface area contributed by atoms with E-state index in [1.165, 1.54) is 30.3 Å². The van der Waals surface area contributed by atoms with Gasteiger partial charge in [0.25, 0.3) is 5.91 Å². The van der Waals surface area contributed by atoms with Crippen molar-refractivity contribution in [3.63, 3.8) is 0 Å². The van der Waals surface area contributed by atoms with E-state index < -0.39 is 31.5 Å². The number of fused-ring (bicyclic) bond motifs is 2. The lowest BCUT2D eigenvalue weighted by atomic mass is 10.0. The van der Waals surface area contributed by atoms with Crippen molar-refractivity contribution < 1.29 is 35.6 Å². The number of hydrogen-bond acceptors (Lipinski definition) is 9. The lowest BCUT2D eigenvalue weighted by molar-refractivity contribution is 0.0981. The summed E-state index contributed by atoms with van der Waals surface area (Å²) in [6.07, 6.45) is 2.75. The average molecular weight is 650 g/mol. The first-order chi connectivity index (χ1) is 19.9. The highest BCUT2D eigenvalue weighted by Gasteiger charge is 2.34. The normalized spacial score (nSPS) is 15.6. The summed E-state index contributed by atoms with van der Waals surface area (Å²) in [5.74, 6) is 0.0314. The zero-order valence-electron chi connectivity index (χ0n) is 21.9. The monoisotopic (exact) mass is 648 g/mol. The average Bonchev–Trinajstić information content (AvgIpc) is 3.69. The van der Waals surface area contributed by atoms with Gasteiger partial charge in [-0.25, -0.2) is 21.6 Å². The molecule has 0 radical (unpaired) electrons. The van der Waals surface area contributed by atoms with Crippen LogP contribution in [-0.4, -0.2) is 34.2 Å². The number of sulfonamides is 1. The molecule has 4 aromatic rings. The number of rotatable bonds is 7. The minimum atomic E-state index is -3.89. The molecule has 1 aliphatic carbocycles. The van der Waals surface area contributed by atoms with Crippen LogP contribution in [0.2, 0.25) is 10.0 Å². The van der Waals surface area contributed by atoms with Gasteiger partial charge in [0, 0.05) is 28.7 Å². The molecule has 0 saturated heterocycles. The van der Waals surface area contributed by atoms with Gasteiger partial charge < -0.3 is 14.0 Å². The van der Waals surface area contributed by atoms with Gasteiger partial charge in [0.15, 0.2) is 9.84 Å². The summed E-state index contributed by atoms with van der Waals surface area (Å²) in [6.45, 7) is 0.0188. The third-order valence-electron chi connectivity index (χ3n) is 6.77. The molecule has 1 amide bonds. The molecular weight excluding hydrogens is 627 g/mol. The highest BCUT2D eigenvalue weighted by molar-refractivity contribution is 7.90. The molecule has 0 unspecified atom stereocenters. The zero-order valence-corrected chi connectivity index (χ0v) is 25.0. The maximum atomic E-state index is 13.4. The van der Waals surface area contributed by atoms with Crippen LogP contribution in [0.25, 0.3) is 11.3 Å². The third-order valence-corrected chi connectivity index (χ3v) is 9.64. The number of nitrogens with one attached hydrogen (secondary N) is 1. The van der Waals surface area contributed by atoms with Crippen molar-refractivity contribution in [1.82, 2.24) is 9.88 Å². The number of amides is 1. The minimum absolute atomic E-state index is 0.00501. The van der Waals surface area contributed by atoms with Crippen molar-refractivity contribution in [2.24, 2.45) is 0 Å². The third kappa shape index (κ3) is 5.71. The molecule has 1 N–H and O–H groups in total. The van der Waals surface area contributed by atoms with Crippen molar-refractivity contribution in [1.29, 1.82) is 0 Å². The van der Waals surface area contributed by atoms with Crippen LogP contribution in [0.15, 0.2) is 64.0 Å². The first kappa shape index (κ1) is 28.5. The van der Waals surface area contributed by atoms with E-state index in [1.54, 1.807) is 24.3 Å². The van der Waals surface area contributed by atoms with Crippen LogP contribution in [0, 0.1) is 0 Å². The number of halogens is 2. The summed E-state index contributed by atoms with van der Waals surface area (Å²) in [6, 6.07) is 13.6. The summed E-state index contributed by atoms with van der Waals surface area (Å²) < 4.78 is 69.2. The molecule has 1 aromatic heterocycles. The molecule has 0 bridgehead atoms. The van der Waals surface area contributed by atoms with Gasteiger partial charge in [-0.1, -0.05) is 40.5 Å². The summed E-state index contributed by atoms with van der Waals surface area (Å²) >= 11 is 12.9. The summed E-state index contributed by atoms with van der Waals surface area (Å²) in [4.78, 5) is 12.2. The Balaban J connectivity index is 1.30. The van der Waals surface area contributed by atoms with Crippen LogP contribution in [0.4, 0.5) is 0 Å². The Morgan fingerprint density at radius 2 is 1.81 bits per heavy atom. The van der Waals surface area contributed by atoms with E-state index in [4.69, 9.17) is 37.2 Å². The molecule has 14 heteroatoms. The van der Waals surface area contributed by atoms with E-state index in [2.05, 4.69) is 5.16 Å². The van der Waals surface area contributed by atoms with Crippen molar-refractivity contribution >= 4 is 49.0 Å². The van der Waals surface area contributed by atoms with E-state index in [9.17, 15) is 21.6 Å². The molecule has 6 rings (SSSR count). The van der Waals surface area contributed by atoms with Gasteiger partial charge in [0.05, 0.1) is 27.6 Å². The van der Waals surface area contributed by atoms with Crippen LogP contribution in [-0.2, 0) is 32.2 Å². The van der Waals surface area contributed by atoms with E-state index >= 15 is 0 Å². The van der Waals surface area contributed by atoms with Gasteiger partial charge in [-0.3, -0.25) is 4.79 Å². The maximum Gasteiger partial charge on any atom is 0.264 e. The number of carbonyl (C=O) groups is 1. The number of carbonyl (C=O) groups excluding carboxylic acids is 1. The van der Waals surface area contributed by atoms with Gasteiger partial charge in [-0.15, -0.1) is 0 Å². The minimum Gasteiger partial charge on any atom is -0.489 e. The highest BCUT2D eigenvalue weighted by Crippen LogP contribution is 2.46. The molecule has 0 atom stereocenters. The van der Waals surface area contributed by atoms with Gasteiger partial charge >= 0.3 is 0 Å². The lowest BCUT2D eigenvalue weighted by Gasteiger charge is -2.12. The van der Waals surface area contributed by atoms with Crippen LogP contribution in [0.5, 0.6) is 17.2 Å². The Morgan fingerprint density at radius 1 is 1.07 bits per heavy atom. The van der Waals surface area contributed by atoms with E-state index in [0.717, 1.165) is 19.1 Å². The number of sulfone groups is 1. The fourth-order valence-corrected chi connectivity index (χ4v) is 7.19. The van der Waals surface area contributed by atoms with Crippen LogP contribution < -0.4 is 14.2 Å². The number of ether oxygens (including phenoxy) is 2. The largest absolute Gasteiger partial charge is 0.489 e. The molecule has 1 aliphatic heterocycles. The molecule has 2 aliphatic rings.